The number of halogens is 6. The third-order valence-electron chi connectivity index (χ3n) is 4.05. The molecule has 0 heterocycles. The molecule has 9 heteroatoms. The van der Waals surface area contributed by atoms with Gasteiger partial charge in [0.2, 0.25) is 5.54 Å². The number of para-hydroxylation sites is 2. The van der Waals surface area contributed by atoms with Gasteiger partial charge in [0, 0.05) is 0 Å². The Labute approximate surface area is 151 Å². The Morgan fingerprint density at radius 2 is 1.19 bits per heavy atom. The zero-order valence-corrected chi connectivity index (χ0v) is 14.1. The first-order valence-corrected chi connectivity index (χ1v) is 7.89. The van der Waals surface area contributed by atoms with Crippen molar-refractivity contribution in [2.45, 2.75) is 31.2 Å². The molecule has 0 saturated heterocycles. The summed E-state index contributed by atoms with van der Waals surface area (Å²) in [5.74, 6) is 0. The van der Waals surface area contributed by atoms with Gasteiger partial charge in [-0.3, -0.25) is 4.90 Å². The second-order valence-electron chi connectivity index (χ2n) is 5.69. The Bertz CT molecular complexity index is 705. The number of carbonyl (C=O) groups is 1. The van der Waals surface area contributed by atoms with Gasteiger partial charge in [-0.15, -0.1) is 0 Å². The number of amides is 2. The minimum absolute atomic E-state index is 0.121. The van der Waals surface area contributed by atoms with E-state index in [-0.39, 0.29) is 11.4 Å². The maximum Gasteiger partial charge on any atom is 0.420 e. The zero-order valence-electron chi connectivity index (χ0n) is 14.1. The van der Waals surface area contributed by atoms with Gasteiger partial charge in [0.05, 0.1) is 11.4 Å². The molecule has 0 aromatic heterocycles. The van der Waals surface area contributed by atoms with Gasteiger partial charge in [-0.05, 0) is 30.7 Å². The van der Waals surface area contributed by atoms with Gasteiger partial charge in [-0.1, -0.05) is 43.3 Å². The molecule has 0 atom stereocenters. The minimum atomic E-state index is -5.73. The van der Waals surface area contributed by atoms with Gasteiger partial charge in [-0.25, -0.2) is 4.79 Å². The number of hydrogen-bond acceptors (Lipinski definition) is 1. The van der Waals surface area contributed by atoms with Crippen molar-refractivity contribution in [2.75, 3.05) is 4.90 Å². The van der Waals surface area contributed by atoms with Crippen LogP contribution in [0.15, 0.2) is 60.7 Å². The summed E-state index contributed by atoms with van der Waals surface area (Å²) in [4.78, 5) is 13.4. The van der Waals surface area contributed by atoms with Crippen LogP contribution in [0, 0.1) is 0 Å². The maximum absolute atomic E-state index is 13.3. The zero-order chi connectivity index (χ0) is 20.3. The molecule has 0 bridgehead atoms. The predicted molar refractivity (Wildman–Crippen MR) is 88.7 cm³/mol. The van der Waals surface area contributed by atoms with E-state index in [4.69, 9.17) is 0 Å². The first-order valence-electron chi connectivity index (χ1n) is 7.89. The van der Waals surface area contributed by atoms with Crippen LogP contribution in [0.5, 0.6) is 0 Å². The summed E-state index contributed by atoms with van der Waals surface area (Å²) in [6, 6.07) is 13.3. The Kier molecular flexibility index (Phi) is 5.72. The van der Waals surface area contributed by atoms with Crippen LogP contribution >= 0.6 is 0 Å². The first-order chi connectivity index (χ1) is 12.5. The molecule has 0 aliphatic rings. The highest BCUT2D eigenvalue weighted by Crippen LogP contribution is 2.45. The van der Waals surface area contributed by atoms with Gasteiger partial charge in [0.1, 0.15) is 0 Å². The van der Waals surface area contributed by atoms with Crippen molar-refractivity contribution in [3.8, 4) is 0 Å². The van der Waals surface area contributed by atoms with Crippen LogP contribution in [0.25, 0.3) is 0 Å². The highest BCUT2D eigenvalue weighted by Gasteiger charge is 2.70. The molecule has 146 valence electrons. The number of anilines is 2. The van der Waals surface area contributed by atoms with Crippen molar-refractivity contribution in [1.29, 1.82) is 0 Å². The molecular formula is C18H16F6N2O. The molecule has 1 N–H and O–H groups in total. The highest BCUT2D eigenvalue weighted by molar-refractivity contribution is 5.99. The van der Waals surface area contributed by atoms with Crippen molar-refractivity contribution in [3.05, 3.63) is 60.7 Å². The molecule has 0 radical (unpaired) electrons. The highest BCUT2D eigenvalue weighted by atomic mass is 19.4. The van der Waals surface area contributed by atoms with Crippen molar-refractivity contribution in [2.24, 2.45) is 0 Å². The Hall–Kier alpha value is -2.71. The summed E-state index contributed by atoms with van der Waals surface area (Å²) < 4.78 is 80.1. The standard InChI is InChI=1S/C18H16F6N2O/c1-2-16(17(19,20)21,18(22,23)24)25-15(27)26(13-9-5-3-6-10-13)14-11-7-4-8-12-14/h3-12H,2H2,1H3,(H,25,27). The number of alkyl halides is 6. The van der Waals surface area contributed by atoms with E-state index >= 15 is 0 Å². The molecule has 0 aliphatic heterocycles. The lowest BCUT2D eigenvalue weighted by Gasteiger charge is -2.38. The van der Waals surface area contributed by atoms with E-state index in [1.807, 2.05) is 0 Å². The topological polar surface area (TPSA) is 32.3 Å². The summed E-state index contributed by atoms with van der Waals surface area (Å²) in [5.41, 5.74) is -4.12. The number of carbonyl (C=O) groups excluding carboxylic acids is 1. The summed E-state index contributed by atoms with van der Waals surface area (Å²) in [5, 5.41) is 1.19. The number of rotatable bonds is 4. The normalized spacial score (nSPS) is 12.6. The Morgan fingerprint density at radius 3 is 1.48 bits per heavy atom. The first kappa shape index (κ1) is 20.6. The number of urea groups is 1. The molecule has 2 aromatic carbocycles. The van der Waals surface area contributed by atoms with Crippen LogP contribution < -0.4 is 10.2 Å². The summed E-state index contributed by atoms with van der Waals surface area (Å²) in [6.45, 7) is 0.719. The quantitative estimate of drug-likeness (QED) is 0.657. The lowest BCUT2D eigenvalue weighted by atomic mass is 9.94. The van der Waals surface area contributed by atoms with Crippen molar-refractivity contribution in [3.63, 3.8) is 0 Å². The van der Waals surface area contributed by atoms with Crippen molar-refractivity contribution in [1.82, 2.24) is 5.32 Å². The molecule has 27 heavy (non-hydrogen) atoms. The number of nitrogens with one attached hydrogen (secondary N) is 1. The van der Waals surface area contributed by atoms with Gasteiger partial charge >= 0.3 is 18.4 Å². The third kappa shape index (κ3) is 4.01. The van der Waals surface area contributed by atoms with E-state index < -0.39 is 30.3 Å². The third-order valence-corrected chi connectivity index (χ3v) is 4.05. The van der Waals surface area contributed by atoms with E-state index in [0.29, 0.717) is 0 Å². The molecule has 0 unspecified atom stereocenters. The summed E-state index contributed by atoms with van der Waals surface area (Å²) in [6.07, 6.45) is -12.9. The van der Waals surface area contributed by atoms with E-state index in [1.54, 1.807) is 12.1 Å². The Morgan fingerprint density at radius 1 is 0.815 bits per heavy atom. The van der Waals surface area contributed by atoms with Crippen LogP contribution in [-0.4, -0.2) is 23.9 Å². The van der Waals surface area contributed by atoms with E-state index in [0.717, 1.165) is 11.8 Å². The largest absolute Gasteiger partial charge is 0.420 e. The summed E-state index contributed by atoms with van der Waals surface area (Å²) >= 11 is 0. The van der Waals surface area contributed by atoms with Gasteiger partial charge in [0.25, 0.3) is 0 Å². The van der Waals surface area contributed by atoms with Crippen LogP contribution in [0.3, 0.4) is 0 Å². The van der Waals surface area contributed by atoms with Gasteiger partial charge in [-0.2, -0.15) is 26.3 Å². The van der Waals surface area contributed by atoms with E-state index in [2.05, 4.69) is 0 Å². The fourth-order valence-electron chi connectivity index (χ4n) is 2.57. The molecule has 2 aromatic rings. The molecule has 0 spiro atoms. The molecule has 0 fully saturated rings. The smallest absolute Gasteiger partial charge is 0.315 e. The van der Waals surface area contributed by atoms with E-state index in [1.165, 1.54) is 53.8 Å². The molecule has 3 nitrogen and oxygen atoms in total. The van der Waals surface area contributed by atoms with Crippen molar-refractivity contribution < 1.29 is 31.1 Å². The summed E-state index contributed by atoms with van der Waals surface area (Å²) in [7, 11) is 0. The second kappa shape index (κ2) is 7.50. The maximum atomic E-state index is 13.3. The fraction of sp³-hybridized carbons (Fsp3) is 0.278. The molecule has 2 amide bonds. The lowest BCUT2D eigenvalue weighted by Crippen LogP contribution is -2.68. The SMILES string of the molecule is CCC(NC(=O)N(c1ccccc1)c1ccccc1)(C(F)(F)F)C(F)(F)F. The Balaban J connectivity index is 2.52. The van der Waals surface area contributed by atoms with Crippen LogP contribution in [0.1, 0.15) is 13.3 Å². The monoisotopic (exact) mass is 390 g/mol. The van der Waals surface area contributed by atoms with Crippen LogP contribution in [0.4, 0.5) is 42.5 Å². The van der Waals surface area contributed by atoms with Gasteiger partial charge in [0.15, 0.2) is 0 Å². The number of benzene rings is 2. The molecular weight excluding hydrogens is 374 g/mol. The van der Waals surface area contributed by atoms with Crippen LogP contribution in [-0.2, 0) is 0 Å². The number of nitrogens with zero attached hydrogens (tertiary/aromatic N) is 1. The number of hydrogen-bond donors (Lipinski definition) is 1. The fourth-order valence-corrected chi connectivity index (χ4v) is 2.57. The predicted octanol–water partition coefficient (Wildman–Crippen LogP) is 5.81. The second-order valence-corrected chi connectivity index (χ2v) is 5.69. The van der Waals surface area contributed by atoms with Gasteiger partial charge < -0.3 is 5.32 Å². The average Bonchev–Trinajstić information content (AvgIpc) is 2.59. The average molecular weight is 390 g/mol. The van der Waals surface area contributed by atoms with Crippen LogP contribution in [0.2, 0.25) is 0 Å². The molecule has 0 aliphatic carbocycles. The molecule has 0 saturated carbocycles. The molecule has 2 rings (SSSR count). The van der Waals surface area contributed by atoms with E-state index in [9.17, 15) is 31.1 Å². The van der Waals surface area contributed by atoms with Crippen molar-refractivity contribution >= 4 is 17.4 Å². The lowest BCUT2D eigenvalue weighted by molar-refractivity contribution is -0.304. The minimum Gasteiger partial charge on any atom is -0.315 e.